The maximum atomic E-state index is 11.2. The Morgan fingerprint density at radius 1 is 0.864 bits per heavy atom. The molecule has 0 aromatic heterocycles. The van der Waals surface area contributed by atoms with Gasteiger partial charge in [0.1, 0.15) is 11.5 Å². The Bertz CT molecular complexity index is 561. The van der Waals surface area contributed by atoms with Crippen LogP contribution in [0.2, 0.25) is 0 Å². The Balaban J connectivity index is 3.22. The number of aldehydes is 2. The van der Waals surface area contributed by atoms with Crippen LogP contribution in [0.25, 0.3) is 0 Å². The molecule has 0 radical (unpaired) electrons. The summed E-state index contributed by atoms with van der Waals surface area (Å²) in [5, 5.41) is 0.329. The highest BCUT2D eigenvalue weighted by Gasteiger charge is 2.15. The first-order valence-electron chi connectivity index (χ1n) is 6.16. The molecular formula is C14H16N2O4S2. The summed E-state index contributed by atoms with van der Waals surface area (Å²) in [5.74, 6) is 0.359. The minimum atomic E-state index is 0.164. The third-order valence-corrected chi connectivity index (χ3v) is 3.42. The van der Waals surface area contributed by atoms with E-state index in [9.17, 15) is 9.59 Å². The molecule has 1 aromatic rings. The van der Waals surface area contributed by atoms with Gasteiger partial charge in [-0.25, -0.2) is 0 Å². The molecule has 0 saturated carbocycles. The summed E-state index contributed by atoms with van der Waals surface area (Å²) in [6.45, 7) is 0. The average Bonchev–Trinajstić information content (AvgIpc) is 2.47. The first-order chi connectivity index (χ1) is 10.3. The van der Waals surface area contributed by atoms with Crippen LogP contribution < -0.4 is 9.47 Å². The van der Waals surface area contributed by atoms with Gasteiger partial charge in [0.25, 0.3) is 10.3 Å². The van der Waals surface area contributed by atoms with Gasteiger partial charge in [0.15, 0.2) is 12.6 Å². The van der Waals surface area contributed by atoms with Crippen molar-refractivity contribution >= 4 is 47.4 Å². The smallest absolute Gasteiger partial charge is 0.264 e. The fourth-order valence-electron chi connectivity index (χ4n) is 1.32. The molecule has 0 spiro atoms. The Hall–Kier alpha value is -2.06. The van der Waals surface area contributed by atoms with E-state index in [1.807, 2.05) is 0 Å². The highest BCUT2D eigenvalue weighted by atomic mass is 32.1. The monoisotopic (exact) mass is 340 g/mol. The molecule has 0 aliphatic rings. The van der Waals surface area contributed by atoms with Crippen molar-refractivity contribution in [2.24, 2.45) is 0 Å². The maximum absolute atomic E-state index is 11.2. The molecule has 0 bridgehead atoms. The summed E-state index contributed by atoms with van der Waals surface area (Å²) < 4.78 is 10.8. The number of carbonyl (C=O) groups is 2. The van der Waals surface area contributed by atoms with Crippen LogP contribution in [0, 0.1) is 0 Å². The van der Waals surface area contributed by atoms with Crippen molar-refractivity contribution < 1.29 is 19.1 Å². The van der Waals surface area contributed by atoms with Crippen molar-refractivity contribution in [2.75, 3.05) is 28.2 Å². The van der Waals surface area contributed by atoms with Gasteiger partial charge >= 0.3 is 0 Å². The first-order valence-corrected chi connectivity index (χ1v) is 6.98. The second kappa shape index (κ2) is 7.81. The highest BCUT2D eigenvalue weighted by molar-refractivity contribution is 7.80. The predicted molar refractivity (Wildman–Crippen MR) is 91.0 cm³/mol. The molecule has 0 aliphatic carbocycles. The molecule has 0 aliphatic heterocycles. The quantitative estimate of drug-likeness (QED) is 0.607. The van der Waals surface area contributed by atoms with Gasteiger partial charge in [0.2, 0.25) is 0 Å². The van der Waals surface area contributed by atoms with Gasteiger partial charge in [0, 0.05) is 28.2 Å². The van der Waals surface area contributed by atoms with Gasteiger partial charge in [-0.05, 0) is 36.6 Å². The van der Waals surface area contributed by atoms with Gasteiger partial charge in [-0.2, -0.15) is 0 Å². The Morgan fingerprint density at radius 3 is 1.41 bits per heavy atom. The average molecular weight is 340 g/mol. The highest BCUT2D eigenvalue weighted by Crippen LogP contribution is 2.28. The lowest BCUT2D eigenvalue weighted by Gasteiger charge is -2.18. The Labute approximate surface area is 139 Å². The van der Waals surface area contributed by atoms with Crippen molar-refractivity contribution in [1.82, 2.24) is 9.80 Å². The number of nitrogens with zero attached hydrogens (tertiary/aromatic N) is 2. The number of hydrogen-bond donors (Lipinski definition) is 0. The fourth-order valence-corrected chi connectivity index (χ4v) is 1.50. The van der Waals surface area contributed by atoms with Crippen LogP contribution in [-0.2, 0) is 0 Å². The molecule has 0 unspecified atom stereocenters. The number of ether oxygens (including phenoxy) is 2. The fraction of sp³-hybridized carbons (Fsp3) is 0.286. The van der Waals surface area contributed by atoms with Gasteiger partial charge in [-0.15, -0.1) is 0 Å². The molecule has 0 heterocycles. The molecule has 6 nitrogen and oxygen atoms in total. The first kappa shape index (κ1) is 18.0. The SMILES string of the molecule is CN(C)C(=S)Oc1cc(C=O)c(OC(=S)N(C)C)cc1C=O. The summed E-state index contributed by atoms with van der Waals surface area (Å²) in [6, 6.07) is 2.78. The zero-order chi connectivity index (χ0) is 16.9. The zero-order valence-corrected chi connectivity index (χ0v) is 14.3. The minimum absolute atomic E-state index is 0.164. The maximum Gasteiger partial charge on any atom is 0.264 e. The lowest BCUT2D eigenvalue weighted by atomic mass is 10.1. The summed E-state index contributed by atoms with van der Waals surface area (Å²) >= 11 is 10.0. The van der Waals surface area contributed by atoms with Crippen LogP contribution in [0.5, 0.6) is 11.5 Å². The van der Waals surface area contributed by atoms with E-state index in [0.717, 1.165) is 0 Å². The normalized spacial score (nSPS) is 9.64. The van der Waals surface area contributed by atoms with E-state index in [-0.39, 0.29) is 33.0 Å². The summed E-state index contributed by atoms with van der Waals surface area (Å²) in [4.78, 5) is 25.6. The van der Waals surface area contributed by atoms with Crippen LogP contribution in [0.15, 0.2) is 12.1 Å². The molecule has 0 N–H and O–H groups in total. The van der Waals surface area contributed by atoms with Crippen LogP contribution in [-0.4, -0.2) is 60.9 Å². The Morgan fingerprint density at radius 2 is 1.18 bits per heavy atom. The van der Waals surface area contributed by atoms with Gasteiger partial charge in [-0.3, -0.25) is 9.59 Å². The van der Waals surface area contributed by atoms with Crippen molar-refractivity contribution in [1.29, 1.82) is 0 Å². The molecule has 22 heavy (non-hydrogen) atoms. The topological polar surface area (TPSA) is 59.1 Å². The lowest BCUT2D eigenvalue weighted by Crippen LogP contribution is -2.26. The van der Waals surface area contributed by atoms with Crippen molar-refractivity contribution in [3.8, 4) is 11.5 Å². The number of benzene rings is 1. The standard InChI is InChI=1S/C14H16N2O4S2/c1-15(2)13(21)19-11-5-10(8-18)12(6-9(11)7-17)20-14(22)16(3)4/h5-8H,1-4H3. The molecule has 8 heteroatoms. The summed E-state index contributed by atoms with van der Waals surface area (Å²) in [6.07, 6.45) is 1.18. The van der Waals surface area contributed by atoms with Crippen molar-refractivity contribution in [2.45, 2.75) is 0 Å². The van der Waals surface area contributed by atoms with E-state index < -0.39 is 0 Å². The molecule has 0 atom stereocenters. The van der Waals surface area contributed by atoms with Crippen molar-refractivity contribution in [3.05, 3.63) is 23.3 Å². The van der Waals surface area contributed by atoms with Gasteiger partial charge < -0.3 is 19.3 Å². The largest absolute Gasteiger partial charge is 0.431 e. The number of rotatable bonds is 4. The molecule has 1 aromatic carbocycles. The molecule has 1 rings (SSSR count). The number of hydrogen-bond acceptors (Lipinski definition) is 6. The van der Waals surface area contributed by atoms with E-state index in [0.29, 0.717) is 12.6 Å². The molecular weight excluding hydrogens is 324 g/mol. The van der Waals surface area contributed by atoms with Crippen LogP contribution in [0.3, 0.4) is 0 Å². The number of thiocarbonyl (C=S) groups is 2. The Kier molecular flexibility index (Phi) is 6.39. The van der Waals surface area contributed by atoms with Gasteiger partial charge in [0.05, 0.1) is 11.1 Å². The molecule has 118 valence electrons. The summed E-state index contributed by atoms with van der Waals surface area (Å²) in [7, 11) is 6.82. The van der Waals surface area contributed by atoms with Crippen LogP contribution in [0.4, 0.5) is 0 Å². The summed E-state index contributed by atoms with van der Waals surface area (Å²) in [5.41, 5.74) is 0.401. The van der Waals surface area contributed by atoms with E-state index in [1.165, 1.54) is 12.1 Å². The van der Waals surface area contributed by atoms with Gasteiger partial charge in [-0.1, -0.05) is 0 Å². The molecule has 0 fully saturated rings. The van der Waals surface area contributed by atoms with E-state index in [4.69, 9.17) is 33.9 Å². The predicted octanol–water partition coefficient (Wildman–Crippen LogP) is 1.76. The zero-order valence-electron chi connectivity index (χ0n) is 12.7. The van der Waals surface area contributed by atoms with Crippen molar-refractivity contribution in [3.63, 3.8) is 0 Å². The van der Waals surface area contributed by atoms with E-state index in [1.54, 1.807) is 38.0 Å². The second-order valence-corrected chi connectivity index (χ2v) is 5.39. The third kappa shape index (κ3) is 4.47. The molecule has 0 amide bonds. The lowest BCUT2D eigenvalue weighted by molar-refractivity contribution is 0.110. The molecule has 0 saturated heterocycles. The second-order valence-electron chi connectivity index (χ2n) is 4.69. The third-order valence-electron chi connectivity index (χ3n) is 2.52. The van der Waals surface area contributed by atoms with E-state index >= 15 is 0 Å². The minimum Gasteiger partial charge on any atom is -0.431 e. The van der Waals surface area contributed by atoms with E-state index in [2.05, 4.69) is 0 Å². The van der Waals surface area contributed by atoms with Crippen LogP contribution in [0.1, 0.15) is 20.7 Å². The number of carbonyl (C=O) groups excluding carboxylic acids is 2. The van der Waals surface area contributed by atoms with Crippen LogP contribution >= 0.6 is 24.4 Å².